The van der Waals surface area contributed by atoms with Gasteiger partial charge in [0, 0.05) is 15.3 Å². The summed E-state index contributed by atoms with van der Waals surface area (Å²) in [6, 6.07) is 12.3. The maximum absolute atomic E-state index is 11.3. The Balaban J connectivity index is 2.11. The van der Waals surface area contributed by atoms with Crippen molar-refractivity contribution in [3.63, 3.8) is 0 Å². The molecule has 104 valence electrons. The van der Waals surface area contributed by atoms with Gasteiger partial charge in [-0.2, -0.15) is 0 Å². The van der Waals surface area contributed by atoms with E-state index < -0.39 is 5.97 Å². The number of hydrogen-bond donors (Lipinski definition) is 1. The zero-order chi connectivity index (χ0) is 14.8. The van der Waals surface area contributed by atoms with Crippen molar-refractivity contribution in [2.75, 3.05) is 0 Å². The molecule has 1 heterocycles. The Morgan fingerprint density at radius 3 is 2.76 bits per heavy atom. The summed E-state index contributed by atoms with van der Waals surface area (Å²) in [5, 5.41) is 11.3. The maximum atomic E-state index is 11.3. The van der Waals surface area contributed by atoms with Gasteiger partial charge in [0.2, 0.25) is 0 Å². The quantitative estimate of drug-likeness (QED) is 0.736. The van der Waals surface area contributed by atoms with Gasteiger partial charge in [-0.15, -0.1) is 0 Å². The average molecular weight is 317 g/mol. The van der Waals surface area contributed by atoms with Gasteiger partial charge < -0.3 is 5.11 Å². The highest BCUT2D eigenvalue weighted by molar-refractivity contribution is 7.99. The predicted octanol–water partition coefficient (Wildman–Crippen LogP) is 4.13. The predicted molar refractivity (Wildman–Crippen MR) is 82.1 cm³/mol. The molecule has 4 nitrogen and oxygen atoms in total. The van der Waals surface area contributed by atoms with Crippen molar-refractivity contribution in [1.29, 1.82) is 0 Å². The van der Waals surface area contributed by atoms with E-state index in [9.17, 15) is 9.90 Å². The second-order valence-corrected chi connectivity index (χ2v) is 5.71. The van der Waals surface area contributed by atoms with Gasteiger partial charge in [0.1, 0.15) is 11.4 Å². The fourth-order valence-electron chi connectivity index (χ4n) is 1.92. The van der Waals surface area contributed by atoms with Crippen LogP contribution in [0.25, 0.3) is 10.9 Å². The number of fused-ring (bicyclic) bond motifs is 1. The SMILES string of the molecule is O=C(O)c1ccc(Cl)cc1Sc1ncnc2ccccc12. The van der Waals surface area contributed by atoms with E-state index in [1.807, 2.05) is 24.3 Å². The molecule has 0 aliphatic rings. The van der Waals surface area contributed by atoms with Crippen molar-refractivity contribution in [3.05, 3.63) is 59.4 Å². The zero-order valence-corrected chi connectivity index (χ0v) is 12.2. The third-order valence-corrected chi connectivity index (χ3v) is 4.20. The molecule has 0 radical (unpaired) electrons. The largest absolute Gasteiger partial charge is 0.478 e. The first kappa shape index (κ1) is 13.9. The Kier molecular flexibility index (Phi) is 3.77. The summed E-state index contributed by atoms with van der Waals surface area (Å²) in [4.78, 5) is 20.3. The van der Waals surface area contributed by atoms with Crippen molar-refractivity contribution in [3.8, 4) is 0 Å². The standard InChI is InChI=1S/C15H9ClN2O2S/c16-9-5-6-11(15(19)20)13(7-9)21-14-10-3-1-2-4-12(10)17-8-18-14/h1-8H,(H,19,20). The number of benzene rings is 2. The Bertz CT molecular complexity index is 834. The van der Waals surface area contributed by atoms with E-state index in [0.29, 0.717) is 14.9 Å². The minimum absolute atomic E-state index is 0.201. The molecular weight excluding hydrogens is 308 g/mol. The molecule has 0 spiro atoms. The molecule has 6 heteroatoms. The number of carboxylic acid groups (broad SMARTS) is 1. The minimum Gasteiger partial charge on any atom is -0.478 e. The summed E-state index contributed by atoms with van der Waals surface area (Å²) < 4.78 is 0. The minimum atomic E-state index is -0.993. The molecule has 0 unspecified atom stereocenters. The molecule has 0 amide bonds. The van der Waals surface area contributed by atoms with Crippen LogP contribution in [-0.2, 0) is 0 Å². The van der Waals surface area contributed by atoms with E-state index in [4.69, 9.17) is 11.6 Å². The van der Waals surface area contributed by atoms with Gasteiger partial charge in [0.05, 0.1) is 11.1 Å². The van der Waals surface area contributed by atoms with Crippen LogP contribution in [-0.4, -0.2) is 21.0 Å². The van der Waals surface area contributed by atoms with E-state index >= 15 is 0 Å². The van der Waals surface area contributed by atoms with E-state index in [1.165, 1.54) is 24.2 Å². The van der Waals surface area contributed by atoms with Crippen LogP contribution in [0.5, 0.6) is 0 Å². The lowest BCUT2D eigenvalue weighted by atomic mass is 10.2. The molecule has 1 aromatic heterocycles. The first-order valence-corrected chi connectivity index (χ1v) is 7.25. The molecule has 0 aliphatic carbocycles. The average Bonchev–Trinajstić information content (AvgIpc) is 2.47. The van der Waals surface area contributed by atoms with E-state index in [-0.39, 0.29) is 5.56 Å². The number of carbonyl (C=O) groups is 1. The maximum Gasteiger partial charge on any atom is 0.336 e. The van der Waals surface area contributed by atoms with E-state index in [0.717, 1.165) is 10.9 Å². The van der Waals surface area contributed by atoms with Crippen molar-refractivity contribution in [2.45, 2.75) is 9.92 Å². The van der Waals surface area contributed by atoms with Crippen LogP contribution in [0.4, 0.5) is 0 Å². The van der Waals surface area contributed by atoms with Crippen LogP contribution in [0.15, 0.2) is 58.7 Å². The molecule has 0 fully saturated rings. The number of nitrogens with zero attached hydrogens (tertiary/aromatic N) is 2. The Labute approximate surface area is 129 Å². The molecule has 3 rings (SSSR count). The molecule has 0 aliphatic heterocycles. The molecule has 3 aromatic rings. The first-order chi connectivity index (χ1) is 10.1. The molecular formula is C15H9ClN2O2S. The number of para-hydroxylation sites is 1. The highest BCUT2D eigenvalue weighted by Gasteiger charge is 2.14. The lowest BCUT2D eigenvalue weighted by Crippen LogP contribution is -1.99. The third kappa shape index (κ3) is 2.84. The van der Waals surface area contributed by atoms with Gasteiger partial charge in [-0.3, -0.25) is 0 Å². The lowest BCUT2D eigenvalue weighted by Gasteiger charge is -2.07. The highest BCUT2D eigenvalue weighted by Crippen LogP contribution is 2.34. The molecule has 21 heavy (non-hydrogen) atoms. The van der Waals surface area contributed by atoms with Crippen molar-refractivity contribution in [2.24, 2.45) is 0 Å². The number of aromatic carboxylic acids is 1. The van der Waals surface area contributed by atoms with E-state index in [2.05, 4.69) is 9.97 Å². The number of carboxylic acids is 1. The van der Waals surface area contributed by atoms with Crippen LogP contribution in [0, 0.1) is 0 Å². The summed E-state index contributed by atoms with van der Waals surface area (Å²) in [6.07, 6.45) is 1.47. The normalized spacial score (nSPS) is 10.7. The molecule has 0 saturated heterocycles. The molecule has 1 N–H and O–H groups in total. The summed E-state index contributed by atoms with van der Waals surface area (Å²) in [7, 11) is 0. The first-order valence-electron chi connectivity index (χ1n) is 6.05. The number of aromatic nitrogens is 2. The van der Waals surface area contributed by atoms with Crippen molar-refractivity contribution >= 4 is 40.2 Å². The van der Waals surface area contributed by atoms with Crippen LogP contribution in [0.3, 0.4) is 0 Å². The lowest BCUT2D eigenvalue weighted by molar-refractivity contribution is 0.0693. The summed E-state index contributed by atoms with van der Waals surface area (Å²) in [5.41, 5.74) is 1.01. The van der Waals surface area contributed by atoms with Crippen LogP contribution < -0.4 is 0 Å². The number of rotatable bonds is 3. The van der Waals surface area contributed by atoms with Gasteiger partial charge >= 0.3 is 5.97 Å². The zero-order valence-electron chi connectivity index (χ0n) is 10.7. The molecule has 0 bridgehead atoms. The van der Waals surface area contributed by atoms with Crippen molar-refractivity contribution in [1.82, 2.24) is 9.97 Å². The fraction of sp³-hybridized carbons (Fsp3) is 0. The Morgan fingerprint density at radius 2 is 1.95 bits per heavy atom. The monoisotopic (exact) mass is 316 g/mol. The van der Waals surface area contributed by atoms with Gasteiger partial charge in [-0.05, 0) is 24.3 Å². The van der Waals surface area contributed by atoms with Gasteiger partial charge in [-0.1, -0.05) is 41.6 Å². The van der Waals surface area contributed by atoms with Gasteiger partial charge in [0.15, 0.2) is 0 Å². The molecule has 2 aromatic carbocycles. The third-order valence-electron chi connectivity index (χ3n) is 2.89. The smallest absolute Gasteiger partial charge is 0.336 e. The Hall–Kier alpha value is -2.11. The van der Waals surface area contributed by atoms with Gasteiger partial charge in [-0.25, -0.2) is 14.8 Å². The summed E-state index contributed by atoms with van der Waals surface area (Å²) >= 11 is 7.24. The summed E-state index contributed by atoms with van der Waals surface area (Å²) in [5.74, 6) is -0.993. The second kappa shape index (κ2) is 5.71. The number of hydrogen-bond acceptors (Lipinski definition) is 4. The molecule has 0 saturated carbocycles. The van der Waals surface area contributed by atoms with Crippen LogP contribution >= 0.6 is 23.4 Å². The van der Waals surface area contributed by atoms with Crippen molar-refractivity contribution < 1.29 is 9.90 Å². The highest BCUT2D eigenvalue weighted by atomic mass is 35.5. The number of halogens is 1. The Morgan fingerprint density at radius 1 is 1.14 bits per heavy atom. The van der Waals surface area contributed by atoms with Crippen LogP contribution in [0.1, 0.15) is 10.4 Å². The fourth-order valence-corrected chi connectivity index (χ4v) is 3.20. The van der Waals surface area contributed by atoms with E-state index in [1.54, 1.807) is 12.1 Å². The summed E-state index contributed by atoms with van der Waals surface area (Å²) in [6.45, 7) is 0. The topological polar surface area (TPSA) is 63.1 Å². The van der Waals surface area contributed by atoms with Crippen LogP contribution in [0.2, 0.25) is 5.02 Å². The van der Waals surface area contributed by atoms with Gasteiger partial charge in [0.25, 0.3) is 0 Å². The second-order valence-electron chi connectivity index (χ2n) is 4.24. The molecule has 0 atom stereocenters.